The zero-order valence-electron chi connectivity index (χ0n) is 8.23. The summed E-state index contributed by atoms with van der Waals surface area (Å²) in [6.07, 6.45) is 0.246. The van der Waals surface area contributed by atoms with Gasteiger partial charge in [0.25, 0.3) is 0 Å². The first-order valence-corrected chi connectivity index (χ1v) is 4.59. The summed E-state index contributed by atoms with van der Waals surface area (Å²) < 4.78 is 0. The van der Waals surface area contributed by atoms with Crippen molar-refractivity contribution < 1.29 is 15.0 Å². The largest absolute Gasteiger partial charge is 0.481 e. The third kappa shape index (κ3) is 6.54. The van der Waals surface area contributed by atoms with Gasteiger partial charge in [-0.2, -0.15) is 0 Å². The van der Waals surface area contributed by atoms with Crippen LogP contribution in [0.5, 0.6) is 0 Å². The van der Waals surface area contributed by atoms with Crippen LogP contribution in [0.15, 0.2) is 0 Å². The van der Waals surface area contributed by atoms with E-state index in [1.54, 1.807) is 0 Å². The number of aliphatic hydroxyl groups is 1. The molecule has 0 saturated heterocycles. The predicted octanol–water partition coefficient (Wildman–Crippen LogP) is 0.586. The van der Waals surface area contributed by atoms with E-state index in [9.17, 15) is 9.90 Å². The number of aliphatic hydroxyl groups excluding tert-OH is 1. The highest BCUT2D eigenvalue weighted by Gasteiger charge is 2.16. The average molecular weight is 189 g/mol. The number of nitrogens with two attached hydrogens (primary N) is 1. The van der Waals surface area contributed by atoms with Crippen molar-refractivity contribution in [2.45, 2.75) is 45.3 Å². The van der Waals surface area contributed by atoms with E-state index in [4.69, 9.17) is 10.8 Å². The van der Waals surface area contributed by atoms with Gasteiger partial charge in [-0.3, -0.25) is 4.79 Å². The van der Waals surface area contributed by atoms with Crippen LogP contribution in [0.4, 0.5) is 0 Å². The Bertz CT molecular complexity index is 159. The number of hydrogen-bond acceptors (Lipinski definition) is 3. The molecule has 0 radical (unpaired) electrons. The number of rotatable bonds is 6. The molecule has 4 heteroatoms. The number of carboxylic acids is 1. The number of carboxylic acid groups (broad SMARTS) is 1. The Morgan fingerprint density at radius 2 is 2.00 bits per heavy atom. The third-order valence-electron chi connectivity index (χ3n) is 1.89. The van der Waals surface area contributed by atoms with Gasteiger partial charge in [-0.05, 0) is 18.8 Å². The summed E-state index contributed by atoms with van der Waals surface area (Å²) in [6.45, 7) is 4.04. The zero-order valence-corrected chi connectivity index (χ0v) is 8.23. The van der Waals surface area contributed by atoms with Gasteiger partial charge in [0.2, 0.25) is 0 Å². The molecule has 2 atom stereocenters. The summed E-state index contributed by atoms with van der Waals surface area (Å²) >= 11 is 0. The minimum Gasteiger partial charge on any atom is -0.481 e. The molecule has 0 aliphatic carbocycles. The summed E-state index contributed by atoms with van der Waals surface area (Å²) in [5, 5.41) is 17.8. The third-order valence-corrected chi connectivity index (χ3v) is 1.89. The van der Waals surface area contributed by atoms with Gasteiger partial charge in [0, 0.05) is 12.5 Å². The van der Waals surface area contributed by atoms with E-state index in [0.717, 1.165) is 6.42 Å². The fourth-order valence-corrected chi connectivity index (χ4v) is 1.19. The van der Waals surface area contributed by atoms with Crippen LogP contribution in [0, 0.1) is 5.92 Å². The summed E-state index contributed by atoms with van der Waals surface area (Å²) in [5.41, 5.74) is 5.66. The molecule has 4 nitrogen and oxygen atoms in total. The molecule has 0 unspecified atom stereocenters. The molecule has 0 aromatic heterocycles. The summed E-state index contributed by atoms with van der Waals surface area (Å²) in [7, 11) is 0. The van der Waals surface area contributed by atoms with Crippen molar-refractivity contribution in [3.8, 4) is 0 Å². The van der Waals surface area contributed by atoms with Gasteiger partial charge >= 0.3 is 5.97 Å². The lowest BCUT2D eigenvalue weighted by molar-refractivity contribution is -0.137. The van der Waals surface area contributed by atoms with Gasteiger partial charge in [0.15, 0.2) is 0 Å². The van der Waals surface area contributed by atoms with E-state index in [0.29, 0.717) is 5.92 Å². The van der Waals surface area contributed by atoms with Crippen molar-refractivity contribution in [3.63, 3.8) is 0 Å². The first-order valence-electron chi connectivity index (χ1n) is 4.59. The second kappa shape index (κ2) is 5.94. The monoisotopic (exact) mass is 189 g/mol. The van der Waals surface area contributed by atoms with Crippen LogP contribution in [0.25, 0.3) is 0 Å². The maximum Gasteiger partial charge on any atom is 0.303 e. The Labute approximate surface area is 78.7 Å². The minimum atomic E-state index is -0.893. The normalized spacial score (nSPS) is 15.8. The van der Waals surface area contributed by atoms with E-state index in [2.05, 4.69) is 0 Å². The number of aliphatic carboxylic acids is 1. The standard InChI is InChI=1S/C9H19NO3/c1-6(2)5-7(10)8(11)3-4-9(12)13/h6-8,11H,3-5,10H2,1-2H3,(H,12,13)/t7-,8-/m0/s1. The van der Waals surface area contributed by atoms with E-state index in [1.165, 1.54) is 0 Å². The zero-order chi connectivity index (χ0) is 10.4. The molecule has 0 aliphatic heterocycles. The van der Waals surface area contributed by atoms with Gasteiger partial charge in [-0.15, -0.1) is 0 Å². The average Bonchev–Trinajstić information content (AvgIpc) is 1.98. The Balaban J connectivity index is 3.68. The van der Waals surface area contributed by atoms with Gasteiger partial charge in [0.1, 0.15) is 0 Å². The second-order valence-electron chi connectivity index (χ2n) is 3.79. The quantitative estimate of drug-likeness (QED) is 0.571. The molecule has 0 bridgehead atoms. The van der Waals surface area contributed by atoms with Crippen LogP contribution in [0.1, 0.15) is 33.1 Å². The summed E-state index contributed by atoms with van der Waals surface area (Å²) in [5.74, 6) is -0.467. The van der Waals surface area contributed by atoms with Crippen molar-refractivity contribution in [2.75, 3.05) is 0 Å². The highest BCUT2D eigenvalue weighted by atomic mass is 16.4. The van der Waals surface area contributed by atoms with Crippen LogP contribution in [-0.4, -0.2) is 28.3 Å². The molecule has 0 aromatic carbocycles. The smallest absolute Gasteiger partial charge is 0.303 e. The van der Waals surface area contributed by atoms with Crippen LogP contribution < -0.4 is 5.73 Å². The summed E-state index contributed by atoms with van der Waals surface area (Å²) in [6, 6.07) is -0.306. The molecule has 0 aliphatic rings. The lowest BCUT2D eigenvalue weighted by Crippen LogP contribution is -2.36. The van der Waals surface area contributed by atoms with Gasteiger partial charge in [-0.1, -0.05) is 13.8 Å². The van der Waals surface area contributed by atoms with Crippen molar-refractivity contribution in [2.24, 2.45) is 11.7 Å². The Hall–Kier alpha value is -0.610. The van der Waals surface area contributed by atoms with Crippen molar-refractivity contribution >= 4 is 5.97 Å². The van der Waals surface area contributed by atoms with Gasteiger partial charge in [0.05, 0.1) is 6.10 Å². The van der Waals surface area contributed by atoms with E-state index < -0.39 is 12.1 Å². The molecule has 0 amide bonds. The first kappa shape index (κ1) is 12.4. The lowest BCUT2D eigenvalue weighted by Gasteiger charge is -2.19. The van der Waals surface area contributed by atoms with Crippen molar-refractivity contribution in [1.29, 1.82) is 0 Å². The maximum atomic E-state index is 10.2. The lowest BCUT2D eigenvalue weighted by atomic mass is 9.97. The first-order chi connectivity index (χ1) is 5.93. The molecular formula is C9H19NO3. The molecule has 0 spiro atoms. The number of hydrogen-bond donors (Lipinski definition) is 3. The highest BCUT2D eigenvalue weighted by molar-refractivity contribution is 5.66. The SMILES string of the molecule is CC(C)C[C@H](N)[C@@H](O)CCC(=O)O. The van der Waals surface area contributed by atoms with Gasteiger partial charge < -0.3 is 15.9 Å². The molecule has 13 heavy (non-hydrogen) atoms. The molecular weight excluding hydrogens is 170 g/mol. The van der Waals surface area contributed by atoms with Crippen LogP contribution in [-0.2, 0) is 4.79 Å². The Morgan fingerprint density at radius 3 is 2.38 bits per heavy atom. The Morgan fingerprint density at radius 1 is 1.46 bits per heavy atom. The van der Waals surface area contributed by atoms with Crippen LogP contribution in [0.3, 0.4) is 0 Å². The molecule has 4 N–H and O–H groups in total. The van der Waals surface area contributed by atoms with Crippen molar-refractivity contribution in [1.82, 2.24) is 0 Å². The fourth-order valence-electron chi connectivity index (χ4n) is 1.19. The summed E-state index contributed by atoms with van der Waals surface area (Å²) in [4.78, 5) is 10.2. The minimum absolute atomic E-state index is 0.0209. The van der Waals surface area contributed by atoms with Crippen molar-refractivity contribution in [3.05, 3.63) is 0 Å². The Kier molecular flexibility index (Phi) is 5.66. The second-order valence-corrected chi connectivity index (χ2v) is 3.79. The van der Waals surface area contributed by atoms with Crippen LogP contribution >= 0.6 is 0 Å². The topological polar surface area (TPSA) is 83.5 Å². The van der Waals surface area contributed by atoms with E-state index in [1.807, 2.05) is 13.8 Å². The number of carbonyl (C=O) groups is 1. The van der Waals surface area contributed by atoms with E-state index >= 15 is 0 Å². The molecule has 0 fully saturated rings. The fraction of sp³-hybridized carbons (Fsp3) is 0.889. The molecule has 0 saturated carbocycles. The highest BCUT2D eigenvalue weighted by Crippen LogP contribution is 2.09. The van der Waals surface area contributed by atoms with E-state index in [-0.39, 0.29) is 18.9 Å². The molecule has 0 heterocycles. The molecule has 78 valence electrons. The van der Waals surface area contributed by atoms with Gasteiger partial charge in [-0.25, -0.2) is 0 Å². The van der Waals surface area contributed by atoms with Crippen LogP contribution in [0.2, 0.25) is 0 Å². The molecule has 0 rings (SSSR count). The molecule has 0 aromatic rings. The predicted molar refractivity (Wildman–Crippen MR) is 50.3 cm³/mol. The maximum absolute atomic E-state index is 10.2.